The van der Waals surface area contributed by atoms with E-state index in [0.29, 0.717) is 5.92 Å². The first-order chi connectivity index (χ1) is 6.27. The summed E-state index contributed by atoms with van der Waals surface area (Å²) in [6.07, 6.45) is 4.29. The van der Waals surface area contributed by atoms with Gasteiger partial charge in [-0.25, -0.2) is 0 Å². The van der Waals surface area contributed by atoms with Crippen molar-refractivity contribution in [3.05, 3.63) is 0 Å². The summed E-state index contributed by atoms with van der Waals surface area (Å²) in [7, 11) is 1.56. The molecule has 3 nitrogen and oxygen atoms in total. The molecule has 1 aliphatic rings. The predicted octanol–water partition coefficient (Wildman–Crippen LogP) is 2.34. The molecule has 0 saturated heterocycles. The number of rotatable bonds is 2. The number of oxime groups is 1. The average Bonchev–Trinajstić information content (AvgIpc) is 2.18. The average molecular weight is 180 g/mol. The Morgan fingerprint density at radius 1 is 1.54 bits per heavy atom. The fraction of sp³-hybridized carbons (Fsp3) is 0.800. The van der Waals surface area contributed by atoms with Crippen LogP contribution in [0.4, 0.5) is 0 Å². The Labute approximate surface area is 79.4 Å². The molecule has 0 bridgehead atoms. The highest BCUT2D eigenvalue weighted by atomic mass is 16.6. The third kappa shape index (κ3) is 2.73. The van der Waals surface area contributed by atoms with Gasteiger partial charge in [0.25, 0.3) is 0 Å². The molecule has 0 heterocycles. The maximum absolute atomic E-state index is 8.80. The molecule has 0 aromatic carbocycles. The first kappa shape index (κ1) is 10.0. The van der Waals surface area contributed by atoms with Crippen LogP contribution in [-0.2, 0) is 4.84 Å². The van der Waals surface area contributed by atoms with E-state index < -0.39 is 0 Å². The summed E-state index contributed by atoms with van der Waals surface area (Å²) in [5.74, 6) is 0.680. The number of hydrogen-bond acceptors (Lipinski definition) is 3. The Balaban J connectivity index is 2.52. The Morgan fingerprint density at radius 2 is 2.31 bits per heavy atom. The van der Waals surface area contributed by atoms with Crippen molar-refractivity contribution in [3.63, 3.8) is 0 Å². The molecule has 2 unspecified atom stereocenters. The molecular weight excluding hydrogens is 164 g/mol. The number of hydrogen-bond donors (Lipinski definition) is 0. The number of nitriles is 1. The van der Waals surface area contributed by atoms with Crippen LogP contribution in [0.15, 0.2) is 5.16 Å². The molecule has 0 spiro atoms. The molecule has 0 N–H and O–H groups in total. The summed E-state index contributed by atoms with van der Waals surface area (Å²) >= 11 is 0. The van der Waals surface area contributed by atoms with Crippen molar-refractivity contribution in [1.29, 1.82) is 5.26 Å². The van der Waals surface area contributed by atoms with Crippen LogP contribution in [0.1, 0.15) is 32.6 Å². The molecule has 0 radical (unpaired) electrons. The van der Waals surface area contributed by atoms with Crippen molar-refractivity contribution >= 4 is 5.71 Å². The Hall–Kier alpha value is -1.04. The van der Waals surface area contributed by atoms with Gasteiger partial charge in [-0.1, -0.05) is 11.6 Å². The van der Waals surface area contributed by atoms with Crippen molar-refractivity contribution in [2.75, 3.05) is 7.11 Å². The molecule has 1 aliphatic carbocycles. The van der Waals surface area contributed by atoms with Crippen molar-refractivity contribution < 1.29 is 4.84 Å². The van der Waals surface area contributed by atoms with Gasteiger partial charge in [-0.2, -0.15) is 5.26 Å². The topological polar surface area (TPSA) is 45.4 Å². The molecule has 0 amide bonds. The molecule has 1 fully saturated rings. The summed E-state index contributed by atoms with van der Waals surface area (Å²) in [6.45, 7) is 1.98. The van der Waals surface area contributed by atoms with E-state index in [1.807, 2.05) is 6.92 Å². The van der Waals surface area contributed by atoms with Gasteiger partial charge in [-0.3, -0.25) is 0 Å². The largest absolute Gasteiger partial charge is 0.399 e. The molecule has 0 aliphatic heterocycles. The summed E-state index contributed by atoms with van der Waals surface area (Å²) in [5, 5.41) is 12.7. The van der Waals surface area contributed by atoms with Gasteiger partial charge in [0.2, 0.25) is 0 Å². The monoisotopic (exact) mass is 180 g/mol. The minimum atomic E-state index is 0.223. The zero-order valence-electron chi connectivity index (χ0n) is 8.29. The highest BCUT2D eigenvalue weighted by Crippen LogP contribution is 2.29. The maximum atomic E-state index is 8.80. The number of nitrogens with zero attached hydrogens (tertiary/aromatic N) is 2. The van der Waals surface area contributed by atoms with Gasteiger partial charge < -0.3 is 4.84 Å². The molecule has 1 saturated carbocycles. The van der Waals surface area contributed by atoms with E-state index in [4.69, 9.17) is 10.1 Å². The zero-order chi connectivity index (χ0) is 9.68. The molecule has 3 heteroatoms. The summed E-state index contributed by atoms with van der Waals surface area (Å²) in [6, 6.07) is 2.34. The van der Waals surface area contributed by atoms with Gasteiger partial charge in [0, 0.05) is 11.8 Å². The highest BCUT2D eigenvalue weighted by molar-refractivity contribution is 5.83. The Bertz CT molecular complexity index is 230. The van der Waals surface area contributed by atoms with Crippen LogP contribution < -0.4 is 0 Å². The van der Waals surface area contributed by atoms with Crippen LogP contribution in [-0.4, -0.2) is 12.8 Å². The van der Waals surface area contributed by atoms with Crippen LogP contribution in [0, 0.1) is 23.2 Å². The molecule has 1 rings (SSSR count). The molecule has 0 aromatic heterocycles. The SMILES string of the molecule is CO/N=C(\C)C1CCCC(C#N)C1. The summed E-state index contributed by atoms with van der Waals surface area (Å²) in [5.41, 5.74) is 1.03. The second-order valence-electron chi connectivity index (χ2n) is 3.60. The van der Waals surface area contributed by atoms with E-state index in [1.54, 1.807) is 7.11 Å². The van der Waals surface area contributed by atoms with E-state index in [-0.39, 0.29) is 5.92 Å². The normalized spacial score (nSPS) is 29.5. The van der Waals surface area contributed by atoms with Gasteiger partial charge in [0.15, 0.2) is 0 Å². The summed E-state index contributed by atoms with van der Waals surface area (Å²) < 4.78 is 0. The lowest BCUT2D eigenvalue weighted by molar-refractivity contribution is 0.208. The first-order valence-electron chi connectivity index (χ1n) is 4.75. The van der Waals surface area contributed by atoms with Crippen molar-refractivity contribution in [2.24, 2.45) is 17.0 Å². The maximum Gasteiger partial charge on any atom is 0.106 e. The van der Waals surface area contributed by atoms with Crippen LogP contribution >= 0.6 is 0 Å². The summed E-state index contributed by atoms with van der Waals surface area (Å²) in [4.78, 5) is 4.73. The second kappa shape index (κ2) is 4.86. The van der Waals surface area contributed by atoms with E-state index >= 15 is 0 Å². The molecule has 2 atom stereocenters. The van der Waals surface area contributed by atoms with Crippen molar-refractivity contribution in [2.45, 2.75) is 32.6 Å². The van der Waals surface area contributed by atoms with Gasteiger partial charge >= 0.3 is 0 Å². The van der Waals surface area contributed by atoms with E-state index in [9.17, 15) is 0 Å². The van der Waals surface area contributed by atoms with Crippen molar-refractivity contribution in [3.8, 4) is 6.07 Å². The molecule has 72 valence electrons. The Kier molecular flexibility index (Phi) is 3.75. The predicted molar refractivity (Wildman–Crippen MR) is 51.2 cm³/mol. The first-order valence-corrected chi connectivity index (χ1v) is 4.75. The van der Waals surface area contributed by atoms with Gasteiger partial charge in [0.1, 0.15) is 7.11 Å². The van der Waals surface area contributed by atoms with E-state index in [2.05, 4.69) is 11.2 Å². The lowest BCUT2D eigenvalue weighted by Crippen LogP contribution is -2.20. The van der Waals surface area contributed by atoms with Gasteiger partial charge in [-0.05, 0) is 26.2 Å². The van der Waals surface area contributed by atoms with Crippen LogP contribution in [0.5, 0.6) is 0 Å². The van der Waals surface area contributed by atoms with Crippen LogP contribution in [0.25, 0.3) is 0 Å². The Morgan fingerprint density at radius 3 is 2.92 bits per heavy atom. The third-order valence-corrected chi connectivity index (χ3v) is 2.68. The standard InChI is InChI=1S/C10H16N2O/c1-8(12-13-2)10-5-3-4-9(6-10)7-11/h9-10H,3-6H2,1-2H3/b12-8+. The molecular formula is C10H16N2O. The molecule has 13 heavy (non-hydrogen) atoms. The zero-order valence-corrected chi connectivity index (χ0v) is 8.29. The fourth-order valence-electron chi connectivity index (χ4n) is 1.91. The highest BCUT2D eigenvalue weighted by Gasteiger charge is 2.23. The van der Waals surface area contributed by atoms with Crippen molar-refractivity contribution in [1.82, 2.24) is 0 Å². The third-order valence-electron chi connectivity index (χ3n) is 2.68. The quantitative estimate of drug-likeness (QED) is 0.483. The van der Waals surface area contributed by atoms with E-state index in [0.717, 1.165) is 31.4 Å². The molecule has 0 aromatic rings. The van der Waals surface area contributed by atoms with Gasteiger partial charge in [0.05, 0.1) is 11.8 Å². The van der Waals surface area contributed by atoms with E-state index in [1.165, 1.54) is 0 Å². The fourth-order valence-corrected chi connectivity index (χ4v) is 1.91. The van der Waals surface area contributed by atoms with Gasteiger partial charge in [-0.15, -0.1) is 0 Å². The van der Waals surface area contributed by atoms with Crippen LogP contribution in [0.2, 0.25) is 0 Å². The minimum absolute atomic E-state index is 0.223. The lowest BCUT2D eigenvalue weighted by atomic mass is 9.80. The minimum Gasteiger partial charge on any atom is -0.399 e. The second-order valence-corrected chi connectivity index (χ2v) is 3.60. The lowest BCUT2D eigenvalue weighted by Gasteiger charge is -2.24. The smallest absolute Gasteiger partial charge is 0.106 e. The van der Waals surface area contributed by atoms with Crippen LogP contribution in [0.3, 0.4) is 0 Å².